The van der Waals surface area contributed by atoms with E-state index in [0.29, 0.717) is 0 Å². The Labute approximate surface area is 145 Å². The molecule has 0 aliphatic heterocycles. The van der Waals surface area contributed by atoms with Crippen molar-refractivity contribution in [1.29, 1.82) is 0 Å². The number of hydrogen-bond acceptors (Lipinski definition) is 0. The van der Waals surface area contributed by atoms with Gasteiger partial charge in [0, 0.05) is 9.84 Å². The molecule has 0 unspecified atom stereocenters. The Balaban J connectivity index is 0.000000751. The van der Waals surface area contributed by atoms with Crippen LogP contribution in [0.1, 0.15) is 8.85 Å². The fourth-order valence-corrected chi connectivity index (χ4v) is 3.39. The van der Waals surface area contributed by atoms with Crippen LogP contribution in [0.2, 0.25) is 0 Å². The predicted molar refractivity (Wildman–Crippen MR) is 111 cm³/mol. The average molecular weight is 308 g/mol. The van der Waals surface area contributed by atoms with Crippen LogP contribution in [0.4, 0.5) is 0 Å². The van der Waals surface area contributed by atoms with Gasteiger partial charge in [0.05, 0.1) is 0 Å². The van der Waals surface area contributed by atoms with E-state index in [4.69, 9.17) is 0 Å². The highest BCUT2D eigenvalue weighted by Crippen LogP contribution is 2.29. The molecule has 0 aromatic heterocycles. The first kappa shape index (κ1) is 16.1. The lowest BCUT2D eigenvalue weighted by atomic mass is 9.97. The molecule has 24 heavy (non-hydrogen) atoms. The molecule has 0 heterocycles. The standard InChI is InChI=1S/C22H14.CH4.B.H2/c1-2-6-16-10-20-14-22-12-18-8-4-3-7-17(18)11-21(22)13-19(20)9-15(16)5-1;;;/h1-14H;1H4;;1H/i;;;1+1. The Morgan fingerprint density at radius 3 is 0.833 bits per heavy atom. The van der Waals surface area contributed by atoms with Crippen LogP contribution in [-0.4, -0.2) is 8.41 Å². The summed E-state index contributed by atoms with van der Waals surface area (Å²) < 4.78 is 0. The van der Waals surface area contributed by atoms with Crippen molar-refractivity contribution in [2.24, 2.45) is 0 Å². The van der Waals surface area contributed by atoms with Crippen LogP contribution >= 0.6 is 0 Å². The van der Waals surface area contributed by atoms with Gasteiger partial charge in [0.1, 0.15) is 0 Å². The zero-order chi connectivity index (χ0) is 14.5. The zero-order valence-electron chi connectivity index (χ0n) is 12.7. The molecule has 0 amide bonds. The lowest BCUT2D eigenvalue weighted by molar-refractivity contribution is 1.78. The van der Waals surface area contributed by atoms with Gasteiger partial charge in [-0.05, 0) is 79.5 Å². The maximum atomic E-state index is 2.31. The second-order valence-electron chi connectivity index (χ2n) is 5.95. The van der Waals surface area contributed by atoms with Gasteiger partial charge in [-0.2, -0.15) is 0 Å². The molecule has 0 spiro atoms. The molecular weight excluding hydrogens is 287 g/mol. The van der Waals surface area contributed by atoms with E-state index in [-0.39, 0.29) is 17.3 Å². The number of benzene rings is 5. The maximum absolute atomic E-state index is 2.31. The first-order valence-electron chi connectivity index (χ1n) is 7.62. The summed E-state index contributed by atoms with van der Waals surface area (Å²) in [5.74, 6) is 0. The molecule has 5 aromatic rings. The van der Waals surface area contributed by atoms with E-state index in [1.54, 1.807) is 0 Å². The number of fused-ring (bicyclic) bond motifs is 4. The molecule has 3 radical (unpaired) electrons. The van der Waals surface area contributed by atoms with Crippen molar-refractivity contribution < 1.29 is 1.43 Å². The third kappa shape index (κ3) is 2.43. The first-order valence-corrected chi connectivity index (χ1v) is 7.62. The van der Waals surface area contributed by atoms with Gasteiger partial charge < -0.3 is 0 Å². The van der Waals surface area contributed by atoms with Crippen LogP contribution in [0, 0.1) is 0 Å². The van der Waals surface area contributed by atoms with Crippen molar-refractivity contribution in [3.63, 3.8) is 0 Å². The Morgan fingerprint density at radius 1 is 0.375 bits per heavy atom. The lowest BCUT2D eigenvalue weighted by Crippen LogP contribution is -1.80. The van der Waals surface area contributed by atoms with E-state index in [0.717, 1.165) is 0 Å². The first-order chi connectivity index (χ1) is 10.9. The van der Waals surface area contributed by atoms with Gasteiger partial charge in [-0.1, -0.05) is 56.0 Å². The summed E-state index contributed by atoms with van der Waals surface area (Å²) in [7, 11) is 0. The van der Waals surface area contributed by atoms with Crippen molar-refractivity contribution in [2.45, 2.75) is 7.43 Å². The molecule has 0 nitrogen and oxygen atoms in total. The molecule has 0 saturated heterocycles. The van der Waals surface area contributed by atoms with Gasteiger partial charge >= 0.3 is 0 Å². The molecule has 5 rings (SSSR count). The largest absolute Gasteiger partial charge is 0.0776 e. The van der Waals surface area contributed by atoms with Gasteiger partial charge in [0.15, 0.2) is 0 Å². The van der Waals surface area contributed by atoms with E-state index in [1.165, 1.54) is 43.1 Å². The molecule has 115 valence electrons. The van der Waals surface area contributed by atoms with Crippen molar-refractivity contribution in [3.8, 4) is 0 Å². The molecule has 0 saturated carbocycles. The summed E-state index contributed by atoms with van der Waals surface area (Å²) in [6, 6.07) is 30.9. The minimum Gasteiger partial charge on any atom is -0.0776 e. The average Bonchev–Trinajstić information content (AvgIpc) is 2.56. The third-order valence-corrected chi connectivity index (χ3v) is 4.52. The second kappa shape index (κ2) is 6.01. The molecule has 0 N–H and O–H groups in total. The topological polar surface area (TPSA) is 0 Å². The Hall–Kier alpha value is -2.80. The minimum atomic E-state index is 0. The van der Waals surface area contributed by atoms with E-state index < -0.39 is 0 Å². The van der Waals surface area contributed by atoms with Crippen LogP contribution in [0.3, 0.4) is 0 Å². The third-order valence-electron chi connectivity index (χ3n) is 4.52. The second-order valence-corrected chi connectivity index (χ2v) is 5.95. The highest BCUT2D eigenvalue weighted by atomic mass is 14.1. The number of hydrogen-bond donors (Lipinski definition) is 0. The van der Waals surface area contributed by atoms with Gasteiger partial charge in [-0.15, -0.1) is 0 Å². The van der Waals surface area contributed by atoms with E-state index in [1.807, 2.05) is 0 Å². The summed E-state index contributed by atoms with van der Waals surface area (Å²) in [5, 5.41) is 10.4. The molecule has 0 aliphatic rings. The summed E-state index contributed by atoms with van der Waals surface area (Å²) in [4.78, 5) is 0. The van der Waals surface area contributed by atoms with Gasteiger partial charge in [-0.25, -0.2) is 0 Å². The van der Waals surface area contributed by atoms with Crippen molar-refractivity contribution in [1.82, 2.24) is 0 Å². The van der Waals surface area contributed by atoms with Crippen LogP contribution < -0.4 is 0 Å². The van der Waals surface area contributed by atoms with Gasteiger partial charge in [0.25, 0.3) is 0 Å². The Bertz CT molecular complexity index is 994. The SMILES string of the molecule is C.[2HH].[B].c1ccc2cc3cc4cc5ccccc5cc4cc3cc2c1. The van der Waals surface area contributed by atoms with E-state index in [2.05, 4.69) is 84.9 Å². The van der Waals surface area contributed by atoms with Crippen LogP contribution in [-0.2, 0) is 0 Å². The molecule has 1 heteroatoms. The van der Waals surface area contributed by atoms with Crippen molar-refractivity contribution in [3.05, 3.63) is 84.9 Å². The summed E-state index contributed by atoms with van der Waals surface area (Å²) in [6.07, 6.45) is 0. The quantitative estimate of drug-likeness (QED) is 0.218. The molecule has 0 atom stereocenters. The van der Waals surface area contributed by atoms with E-state index in [9.17, 15) is 0 Å². The Kier molecular flexibility index (Phi) is 4.03. The van der Waals surface area contributed by atoms with E-state index >= 15 is 0 Å². The van der Waals surface area contributed by atoms with Crippen molar-refractivity contribution >= 4 is 51.5 Å². The summed E-state index contributed by atoms with van der Waals surface area (Å²) in [5.41, 5.74) is 0. The normalized spacial score (nSPS) is 10.7. The fraction of sp³-hybridized carbons (Fsp3) is 0.0435. The van der Waals surface area contributed by atoms with Crippen LogP contribution in [0.25, 0.3) is 43.1 Å². The van der Waals surface area contributed by atoms with Crippen LogP contribution in [0.15, 0.2) is 84.9 Å². The van der Waals surface area contributed by atoms with Crippen molar-refractivity contribution in [2.75, 3.05) is 0 Å². The highest BCUT2D eigenvalue weighted by molar-refractivity contribution is 6.08. The molecular formula is C23H20B. The molecule has 0 fully saturated rings. The number of rotatable bonds is 0. The lowest BCUT2D eigenvalue weighted by Gasteiger charge is -2.07. The predicted octanol–water partition coefficient (Wildman–Crippen LogP) is 6.80. The van der Waals surface area contributed by atoms with Crippen LogP contribution in [0.5, 0.6) is 0 Å². The highest BCUT2D eigenvalue weighted by Gasteiger charge is 2.02. The summed E-state index contributed by atoms with van der Waals surface area (Å²) >= 11 is 0. The fourth-order valence-electron chi connectivity index (χ4n) is 3.39. The Morgan fingerprint density at radius 2 is 0.583 bits per heavy atom. The smallest absolute Gasteiger partial charge is 0 e. The van der Waals surface area contributed by atoms with Gasteiger partial charge in [-0.3, -0.25) is 0 Å². The monoisotopic (exact) mass is 308 g/mol. The molecule has 0 aliphatic carbocycles. The zero-order valence-corrected chi connectivity index (χ0v) is 12.7. The maximum Gasteiger partial charge on any atom is 0 e. The molecule has 0 bridgehead atoms. The summed E-state index contributed by atoms with van der Waals surface area (Å²) in [6.45, 7) is 0. The minimum absolute atomic E-state index is 0. The molecule has 5 aromatic carbocycles. The van der Waals surface area contributed by atoms with Gasteiger partial charge in [0.2, 0.25) is 0 Å².